The second-order valence-electron chi connectivity index (χ2n) is 4.22. The first-order valence-corrected chi connectivity index (χ1v) is 6.85. The van der Waals surface area contributed by atoms with Crippen molar-refractivity contribution in [1.29, 1.82) is 0 Å². The van der Waals surface area contributed by atoms with Gasteiger partial charge in [-0.15, -0.1) is 11.8 Å². The van der Waals surface area contributed by atoms with Crippen molar-refractivity contribution in [2.45, 2.75) is 24.3 Å². The van der Waals surface area contributed by atoms with Crippen LogP contribution in [0, 0.1) is 0 Å². The number of fused-ring (bicyclic) bond motifs is 1. The number of aromatic nitrogens is 2. The molecule has 0 bridgehead atoms. The summed E-state index contributed by atoms with van der Waals surface area (Å²) in [6, 6.07) is 6.65. The number of benzene rings is 1. The molecule has 88 valence electrons. The number of thioether (sulfide) groups is 1. The number of hydrogen-bond donors (Lipinski definition) is 2. The summed E-state index contributed by atoms with van der Waals surface area (Å²) in [6.45, 7) is 0.459. The molecular formula is C13H15N3S. The lowest BCUT2D eigenvalue weighted by atomic mass is 10.0. The Morgan fingerprint density at radius 1 is 1.41 bits per heavy atom. The van der Waals surface area contributed by atoms with Crippen molar-refractivity contribution < 1.29 is 0 Å². The number of imidazole rings is 1. The van der Waals surface area contributed by atoms with Crippen molar-refractivity contribution in [3.8, 4) is 11.3 Å². The van der Waals surface area contributed by atoms with Gasteiger partial charge in [0.15, 0.2) is 0 Å². The van der Waals surface area contributed by atoms with Gasteiger partial charge in [-0.3, -0.25) is 0 Å². The number of aryl methyl sites for hydroxylation is 1. The van der Waals surface area contributed by atoms with E-state index in [1.165, 1.54) is 34.6 Å². The minimum atomic E-state index is 0.459. The number of hydrogen-bond acceptors (Lipinski definition) is 3. The first-order chi connectivity index (χ1) is 8.36. The summed E-state index contributed by atoms with van der Waals surface area (Å²) < 4.78 is 0. The standard InChI is InChI=1S/C13H15N3S/c14-7-13-15-8-11(16-13)9-3-4-12-10(6-9)2-1-5-17-12/h3-4,6,8H,1-2,5,7,14H2,(H,15,16). The van der Waals surface area contributed by atoms with Gasteiger partial charge in [-0.1, -0.05) is 6.07 Å². The van der Waals surface area contributed by atoms with E-state index in [2.05, 4.69) is 28.2 Å². The molecule has 0 unspecified atom stereocenters. The van der Waals surface area contributed by atoms with Gasteiger partial charge < -0.3 is 10.7 Å². The Morgan fingerprint density at radius 3 is 3.18 bits per heavy atom. The maximum Gasteiger partial charge on any atom is 0.120 e. The molecule has 2 aromatic rings. The van der Waals surface area contributed by atoms with Gasteiger partial charge in [0.25, 0.3) is 0 Å². The normalized spacial score (nSPS) is 14.6. The monoisotopic (exact) mass is 245 g/mol. The molecule has 0 saturated carbocycles. The molecule has 0 radical (unpaired) electrons. The van der Waals surface area contributed by atoms with Crippen molar-refractivity contribution in [3.63, 3.8) is 0 Å². The molecule has 17 heavy (non-hydrogen) atoms. The Morgan fingerprint density at radius 2 is 2.35 bits per heavy atom. The first-order valence-electron chi connectivity index (χ1n) is 5.87. The van der Waals surface area contributed by atoms with Crippen LogP contribution in [0.3, 0.4) is 0 Å². The van der Waals surface area contributed by atoms with Gasteiger partial charge in [0, 0.05) is 4.90 Å². The van der Waals surface area contributed by atoms with Gasteiger partial charge in [-0.05, 0) is 41.9 Å². The van der Waals surface area contributed by atoms with Gasteiger partial charge in [0.05, 0.1) is 18.4 Å². The molecule has 3 nitrogen and oxygen atoms in total. The summed E-state index contributed by atoms with van der Waals surface area (Å²) in [5.74, 6) is 2.08. The molecule has 0 spiro atoms. The molecule has 1 aromatic heterocycles. The maximum atomic E-state index is 5.55. The summed E-state index contributed by atoms with van der Waals surface area (Å²) in [6.07, 6.45) is 4.33. The van der Waals surface area contributed by atoms with Crippen LogP contribution in [0.5, 0.6) is 0 Å². The average Bonchev–Trinajstić information content (AvgIpc) is 2.87. The number of nitrogens with one attached hydrogen (secondary N) is 1. The van der Waals surface area contributed by atoms with Crippen LogP contribution in [-0.4, -0.2) is 15.7 Å². The highest BCUT2D eigenvalue weighted by Crippen LogP contribution is 2.32. The van der Waals surface area contributed by atoms with Crippen molar-refractivity contribution >= 4 is 11.8 Å². The van der Waals surface area contributed by atoms with E-state index in [1.807, 2.05) is 18.0 Å². The molecule has 1 aliphatic heterocycles. The Balaban J connectivity index is 1.97. The predicted octanol–water partition coefficient (Wildman–Crippen LogP) is 2.57. The van der Waals surface area contributed by atoms with Crippen LogP contribution in [0.4, 0.5) is 0 Å². The Kier molecular flexibility index (Phi) is 2.91. The van der Waals surface area contributed by atoms with Crippen LogP contribution in [-0.2, 0) is 13.0 Å². The van der Waals surface area contributed by atoms with E-state index in [-0.39, 0.29) is 0 Å². The van der Waals surface area contributed by atoms with Gasteiger partial charge >= 0.3 is 0 Å². The third-order valence-electron chi connectivity index (χ3n) is 3.04. The largest absolute Gasteiger partial charge is 0.341 e. The Hall–Kier alpha value is -1.26. The summed E-state index contributed by atoms with van der Waals surface area (Å²) in [5.41, 5.74) is 9.28. The quantitative estimate of drug-likeness (QED) is 0.855. The highest BCUT2D eigenvalue weighted by atomic mass is 32.2. The SMILES string of the molecule is NCc1ncc(-c2ccc3c(c2)CCCS3)[nH]1. The molecule has 0 aliphatic carbocycles. The second-order valence-corrected chi connectivity index (χ2v) is 5.36. The molecule has 0 amide bonds. The molecule has 0 fully saturated rings. The van der Waals surface area contributed by atoms with Crippen molar-refractivity contribution in [2.75, 3.05) is 5.75 Å². The third kappa shape index (κ3) is 2.10. The predicted molar refractivity (Wildman–Crippen MR) is 71.0 cm³/mol. The smallest absolute Gasteiger partial charge is 0.120 e. The van der Waals surface area contributed by atoms with Gasteiger partial charge in [-0.2, -0.15) is 0 Å². The molecule has 1 aromatic carbocycles. The summed E-state index contributed by atoms with van der Waals surface area (Å²) in [5, 5.41) is 0. The van der Waals surface area contributed by atoms with E-state index in [0.29, 0.717) is 6.54 Å². The van der Waals surface area contributed by atoms with E-state index in [4.69, 9.17) is 5.73 Å². The Bertz CT molecular complexity index is 533. The zero-order valence-corrected chi connectivity index (χ0v) is 10.4. The lowest BCUT2D eigenvalue weighted by Gasteiger charge is -2.15. The number of H-pyrrole nitrogens is 1. The van der Waals surface area contributed by atoms with Crippen LogP contribution >= 0.6 is 11.8 Å². The van der Waals surface area contributed by atoms with Gasteiger partial charge in [-0.25, -0.2) is 4.98 Å². The van der Waals surface area contributed by atoms with E-state index in [0.717, 1.165) is 11.5 Å². The second kappa shape index (κ2) is 4.55. The van der Waals surface area contributed by atoms with Gasteiger partial charge in [0.2, 0.25) is 0 Å². The highest BCUT2D eigenvalue weighted by Gasteiger charge is 2.11. The van der Waals surface area contributed by atoms with Crippen LogP contribution in [0.2, 0.25) is 0 Å². The lowest BCUT2D eigenvalue weighted by Crippen LogP contribution is -1.99. The molecule has 2 heterocycles. The topological polar surface area (TPSA) is 54.7 Å². The van der Waals surface area contributed by atoms with Crippen LogP contribution in [0.15, 0.2) is 29.3 Å². The Labute approximate surface area is 105 Å². The van der Waals surface area contributed by atoms with E-state index in [9.17, 15) is 0 Å². The molecule has 3 N–H and O–H groups in total. The molecule has 4 heteroatoms. The summed E-state index contributed by atoms with van der Waals surface area (Å²) >= 11 is 1.96. The van der Waals surface area contributed by atoms with E-state index in [1.54, 1.807) is 0 Å². The molecule has 0 atom stereocenters. The number of nitrogens with zero attached hydrogens (tertiary/aromatic N) is 1. The van der Waals surface area contributed by atoms with Crippen molar-refractivity contribution in [1.82, 2.24) is 9.97 Å². The van der Waals surface area contributed by atoms with Gasteiger partial charge in [0.1, 0.15) is 5.82 Å². The highest BCUT2D eigenvalue weighted by molar-refractivity contribution is 7.99. The molecule has 0 saturated heterocycles. The number of aromatic amines is 1. The molecule has 3 rings (SSSR count). The third-order valence-corrected chi connectivity index (χ3v) is 4.24. The number of rotatable bonds is 2. The first kappa shape index (κ1) is 10.9. The number of nitrogens with two attached hydrogens (primary N) is 1. The molecular weight excluding hydrogens is 230 g/mol. The maximum absolute atomic E-state index is 5.55. The van der Waals surface area contributed by atoms with Crippen molar-refractivity contribution in [3.05, 3.63) is 35.8 Å². The fourth-order valence-corrected chi connectivity index (χ4v) is 3.16. The van der Waals surface area contributed by atoms with E-state index < -0.39 is 0 Å². The average molecular weight is 245 g/mol. The lowest BCUT2D eigenvalue weighted by molar-refractivity contribution is 0.890. The van der Waals surface area contributed by atoms with Crippen molar-refractivity contribution in [2.24, 2.45) is 5.73 Å². The zero-order chi connectivity index (χ0) is 11.7. The van der Waals surface area contributed by atoms with Crippen LogP contribution in [0.1, 0.15) is 17.8 Å². The summed E-state index contributed by atoms with van der Waals surface area (Å²) in [4.78, 5) is 8.91. The van der Waals surface area contributed by atoms with Crippen LogP contribution in [0.25, 0.3) is 11.3 Å². The zero-order valence-electron chi connectivity index (χ0n) is 9.57. The summed E-state index contributed by atoms with van der Waals surface area (Å²) in [7, 11) is 0. The molecule has 1 aliphatic rings. The minimum absolute atomic E-state index is 0.459. The van der Waals surface area contributed by atoms with Crippen LogP contribution < -0.4 is 5.73 Å². The van der Waals surface area contributed by atoms with E-state index >= 15 is 0 Å². The minimum Gasteiger partial charge on any atom is -0.341 e. The fourth-order valence-electron chi connectivity index (χ4n) is 2.14. The fraction of sp³-hybridized carbons (Fsp3) is 0.308.